The fraction of sp³-hybridized carbons (Fsp3) is 0.100. The van der Waals surface area contributed by atoms with Crippen LogP contribution in [0.25, 0.3) is 0 Å². The number of anilines is 4. The minimum atomic E-state index is -4.24. The van der Waals surface area contributed by atoms with Gasteiger partial charge in [0.15, 0.2) is 5.69 Å². The molecule has 0 amide bonds. The maximum atomic E-state index is 13.3. The van der Waals surface area contributed by atoms with Crippen molar-refractivity contribution in [2.75, 3.05) is 15.8 Å². The molecule has 4 N–H and O–H groups in total. The quantitative estimate of drug-likeness (QED) is 0.370. The molecule has 0 radical (unpaired) electrons. The maximum absolute atomic E-state index is 13.3. The molecule has 3 rings (SSSR count). The van der Waals surface area contributed by atoms with Crippen LogP contribution >= 0.6 is 0 Å². The number of sulfonamides is 1. The molecule has 0 unspecified atom stereocenters. The van der Waals surface area contributed by atoms with Gasteiger partial charge in [-0.05, 0) is 78.7 Å². The van der Waals surface area contributed by atoms with Gasteiger partial charge in [0.1, 0.15) is 16.5 Å². The molecule has 3 aromatic rings. The Hall–Kier alpha value is -3.53. The average molecular weight is 432 g/mol. The molecule has 0 atom stereocenters. The van der Waals surface area contributed by atoms with Crippen molar-refractivity contribution in [2.45, 2.75) is 18.7 Å². The lowest BCUT2D eigenvalue weighted by Gasteiger charge is -2.16. The van der Waals surface area contributed by atoms with Crippen molar-refractivity contribution in [3.63, 3.8) is 0 Å². The molecule has 0 fully saturated rings. The Kier molecular flexibility index (Phi) is 5.70. The number of aryl methyl sites for hydroxylation is 2. The lowest BCUT2D eigenvalue weighted by atomic mass is 10.1. The second-order valence-corrected chi connectivity index (χ2v) is 8.26. The Bertz CT molecular complexity index is 1250. The summed E-state index contributed by atoms with van der Waals surface area (Å²) in [6.45, 7) is 3.21. The molecule has 10 heteroatoms. The van der Waals surface area contributed by atoms with Crippen LogP contribution in [0.15, 0.2) is 58.6 Å². The third-order valence-electron chi connectivity index (χ3n) is 4.45. The largest absolute Gasteiger partial charge is 0.395 e. The molecular formula is C20H18F2N4O3S. The van der Waals surface area contributed by atoms with Crippen LogP contribution in [0.4, 0.5) is 37.2 Å². The van der Waals surface area contributed by atoms with E-state index in [0.29, 0.717) is 16.8 Å². The van der Waals surface area contributed by atoms with E-state index in [1.807, 2.05) is 0 Å². The first-order chi connectivity index (χ1) is 14.1. The Morgan fingerprint density at radius 3 is 1.93 bits per heavy atom. The predicted molar refractivity (Wildman–Crippen MR) is 113 cm³/mol. The summed E-state index contributed by atoms with van der Waals surface area (Å²) in [6, 6.07) is 10.1. The van der Waals surface area contributed by atoms with Gasteiger partial charge in [-0.1, -0.05) is 0 Å². The van der Waals surface area contributed by atoms with Crippen molar-refractivity contribution in [1.29, 1.82) is 0 Å². The SMILES string of the molecule is Cc1cc(F)ccc1Nc1ccc(S(=O)(=O)Nc2ccc(F)cc2C)c(N=O)c1N. The number of nitrogens with one attached hydrogen (secondary N) is 2. The maximum Gasteiger partial charge on any atom is 0.264 e. The lowest BCUT2D eigenvalue weighted by Crippen LogP contribution is -2.15. The standard InChI is InChI=1S/C20H18F2N4O3S/c1-11-9-13(21)3-5-15(11)24-17-7-8-18(20(25-27)19(17)23)30(28,29)26-16-6-4-14(22)10-12(16)2/h3-10,24,26H,23H2,1-2H3. The van der Waals surface area contributed by atoms with E-state index in [0.717, 1.165) is 6.07 Å². The van der Waals surface area contributed by atoms with Crippen molar-refractivity contribution < 1.29 is 17.2 Å². The topological polar surface area (TPSA) is 114 Å². The van der Waals surface area contributed by atoms with E-state index in [9.17, 15) is 22.1 Å². The predicted octanol–water partition coefficient (Wildman–Crippen LogP) is 5.11. The van der Waals surface area contributed by atoms with Crippen molar-refractivity contribution in [3.05, 3.63) is 76.2 Å². The second kappa shape index (κ2) is 8.07. The number of hydrogen-bond donors (Lipinski definition) is 3. The van der Waals surface area contributed by atoms with Gasteiger partial charge in [-0.3, -0.25) is 4.72 Å². The average Bonchev–Trinajstić information content (AvgIpc) is 2.67. The van der Waals surface area contributed by atoms with Gasteiger partial charge >= 0.3 is 0 Å². The van der Waals surface area contributed by atoms with E-state index in [1.54, 1.807) is 6.92 Å². The number of nitroso groups, excluding NO2 is 1. The summed E-state index contributed by atoms with van der Waals surface area (Å²) in [5, 5.41) is 5.74. The van der Waals surface area contributed by atoms with E-state index >= 15 is 0 Å². The first-order valence-electron chi connectivity index (χ1n) is 8.70. The third kappa shape index (κ3) is 4.23. The molecule has 0 aliphatic rings. The fourth-order valence-electron chi connectivity index (χ4n) is 2.86. The lowest BCUT2D eigenvalue weighted by molar-refractivity contribution is 0.601. The molecule has 7 nitrogen and oxygen atoms in total. The van der Waals surface area contributed by atoms with Gasteiger partial charge in [-0.25, -0.2) is 17.2 Å². The first kappa shape index (κ1) is 21.2. The minimum absolute atomic E-state index is 0.149. The number of nitrogens with two attached hydrogens (primary N) is 1. The number of benzene rings is 3. The molecule has 0 aliphatic carbocycles. The van der Waals surface area contributed by atoms with Gasteiger partial charge in [0.25, 0.3) is 10.0 Å². The van der Waals surface area contributed by atoms with Crippen LogP contribution in [0.1, 0.15) is 11.1 Å². The monoisotopic (exact) mass is 432 g/mol. The van der Waals surface area contributed by atoms with Gasteiger partial charge < -0.3 is 11.1 Å². The van der Waals surface area contributed by atoms with Crippen LogP contribution in [-0.4, -0.2) is 8.42 Å². The number of halogens is 2. The highest BCUT2D eigenvalue weighted by Crippen LogP contribution is 2.38. The van der Waals surface area contributed by atoms with E-state index in [-0.39, 0.29) is 17.1 Å². The van der Waals surface area contributed by atoms with Gasteiger partial charge in [-0.15, -0.1) is 4.91 Å². The van der Waals surface area contributed by atoms with Gasteiger partial charge in [0.2, 0.25) is 0 Å². The summed E-state index contributed by atoms with van der Waals surface area (Å²) in [5.41, 5.74) is 7.17. The summed E-state index contributed by atoms with van der Waals surface area (Å²) in [6.07, 6.45) is 0. The van der Waals surface area contributed by atoms with Crippen LogP contribution in [0.5, 0.6) is 0 Å². The van der Waals surface area contributed by atoms with Crippen molar-refractivity contribution in [3.8, 4) is 0 Å². The van der Waals surface area contributed by atoms with E-state index < -0.39 is 32.2 Å². The van der Waals surface area contributed by atoms with E-state index in [2.05, 4.69) is 15.2 Å². The Labute approximate surface area is 172 Å². The zero-order valence-electron chi connectivity index (χ0n) is 16.0. The molecule has 0 saturated heterocycles. The highest BCUT2D eigenvalue weighted by Gasteiger charge is 2.24. The second-order valence-electron chi connectivity index (χ2n) is 6.61. The summed E-state index contributed by atoms with van der Waals surface area (Å²) in [5.74, 6) is -0.925. The van der Waals surface area contributed by atoms with Gasteiger partial charge in [0, 0.05) is 5.69 Å². The van der Waals surface area contributed by atoms with Gasteiger partial charge in [0.05, 0.1) is 17.1 Å². The Balaban J connectivity index is 1.99. The summed E-state index contributed by atoms with van der Waals surface area (Å²) < 4.78 is 54.5. The Morgan fingerprint density at radius 2 is 1.40 bits per heavy atom. The van der Waals surface area contributed by atoms with Crippen LogP contribution in [0, 0.1) is 30.4 Å². The smallest absolute Gasteiger partial charge is 0.264 e. The first-order valence-corrected chi connectivity index (χ1v) is 10.2. The van der Waals surface area contributed by atoms with E-state index in [4.69, 9.17) is 5.73 Å². The van der Waals surface area contributed by atoms with Crippen molar-refractivity contribution in [1.82, 2.24) is 0 Å². The molecule has 3 aromatic carbocycles. The molecule has 156 valence electrons. The fourth-order valence-corrected chi connectivity index (χ4v) is 4.14. The minimum Gasteiger partial charge on any atom is -0.395 e. The van der Waals surface area contributed by atoms with Crippen molar-refractivity contribution >= 4 is 38.5 Å². The number of rotatable bonds is 6. The molecule has 0 aromatic heterocycles. The molecule has 30 heavy (non-hydrogen) atoms. The van der Waals surface area contributed by atoms with Crippen LogP contribution in [-0.2, 0) is 10.0 Å². The van der Waals surface area contributed by atoms with Crippen molar-refractivity contribution in [2.24, 2.45) is 5.18 Å². The van der Waals surface area contributed by atoms with Crippen LogP contribution < -0.4 is 15.8 Å². The molecule has 0 bridgehead atoms. The summed E-state index contributed by atoms with van der Waals surface area (Å²) in [4.78, 5) is 11.0. The molecule has 0 heterocycles. The highest BCUT2D eigenvalue weighted by molar-refractivity contribution is 7.92. The summed E-state index contributed by atoms with van der Waals surface area (Å²) >= 11 is 0. The molecule has 0 aliphatic heterocycles. The molecular weight excluding hydrogens is 414 g/mol. The number of nitrogen functional groups attached to an aromatic ring is 1. The molecule has 0 saturated carbocycles. The van der Waals surface area contributed by atoms with Crippen LogP contribution in [0.2, 0.25) is 0 Å². The normalized spacial score (nSPS) is 11.2. The number of hydrogen-bond acceptors (Lipinski definition) is 6. The third-order valence-corrected chi connectivity index (χ3v) is 5.85. The zero-order chi connectivity index (χ0) is 22.1. The Morgan fingerprint density at radius 1 is 0.867 bits per heavy atom. The van der Waals surface area contributed by atoms with Crippen LogP contribution in [0.3, 0.4) is 0 Å². The van der Waals surface area contributed by atoms with Gasteiger partial charge in [-0.2, -0.15) is 0 Å². The number of nitrogens with zero attached hydrogens (tertiary/aromatic N) is 1. The molecule has 0 spiro atoms. The van der Waals surface area contributed by atoms with E-state index in [1.165, 1.54) is 49.4 Å². The highest BCUT2D eigenvalue weighted by atomic mass is 32.2. The summed E-state index contributed by atoms with van der Waals surface area (Å²) in [7, 11) is -4.24. The zero-order valence-corrected chi connectivity index (χ0v) is 16.8.